The molecule has 1 heteroatoms. The van der Waals surface area contributed by atoms with Crippen molar-refractivity contribution in [3.8, 4) is 5.75 Å². The Bertz CT molecular complexity index is 446. The third-order valence-corrected chi connectivity index (χ3v) is 2.56. The second kappa shape index (κ2) is 3.70. The van der Waals surface area contributed by atoms with Crippen molar-refractivity contribution < 1.29 is 4.74 Å². The van der Waals surface area contributed by atoms with Crippen LogP contribution >= 0.6 is 0 Å². The highest BCUT2D eigenvalue weighted by atomic mass is 16.5. The number of hydrogen-bond donors (Lipinski definition) is 0. The molecule has 2 rings (SSSR count). The predicted molar refractivity (Wildman–Crippen MR) is 59.9 cm³/mol. The van der Waals surface area contributed by atoms with Gasteiger partial charge in [0.1, 0.15) is 5.75 Å². The summed E-state index contributed by atoms with van der Waals surface area (Å²) < 4.78 is 5.22. The molecule has 0 saturated heterocycles. The maximum Gasteiger partial charge on any atom is 0.119 e. The van der Waals surface area contributed by atoms with Crippen LogP contribution in [-0.4, -0.2) is 7.11 Å². The van der Waals surface area contributed by atoms with Crippen molar-refractivity contribution in [1.29, 1.82) is 0 Å². The first-order valence-corrected chi connectivity index (χ1v) is 4.91. The topological polar surface area (TPSA) is 9.23 Å². The van der Waals surface area contributed by atoms with Crippen molar-refractivity contribution in [2.24, 2.45) is 0 Å². The molecule has 0 unspecified atom stereocenters. The van der Waals surface area contributed by atoms with Crippen molar-refractivity contribution in [2.45, 2.75) is 13.3 Å². The lowest BCUT2D eigenvalue weighted by Gasteiger charge is -2.06. The largest absolute Gasteiger partial charge is 0.497 e. The molecule has 0 bridgehead atoms. The van der Waals surface area contributed by atoms with Crippen molar-refractivity contribution >= 4 is 10.8 Å². The minimum absolute atomic E-state index is 0.929. The summed E-state index contributed by atoms with van der Waals surface area (Å²) in [5.41, 5.74) is 1.38. The molecule has 0 spiro atoms. The highest BCUT2D eigenvalue weighted by Crippen LogP contribution is 2.24. The van der Waals surface area contributed by atoms with E-state index in [0.29, 0.717) is 0 Å². The highest BCUT2D eigenvalue weighted by Gasteiger charge is 2.00. The average molecular weight is 186 g/mol. The van der Waals surface area contributed by atoms with Gasteiger partial charge in [0, 0.05) is 0 Å². The van der Waals surface area contributed by atoms with Crippen LogP contribution in [0.25, 0.3) is 10.8 Å². The zero-order chi connectivity index (χ0) is 9.97. The van der Waals surface area contributed by atoms with Gasteiger partial charge in [0.05, 0.1) is 7.11 Å². The maximum absolute atomic E-state index is 5.22. The van der Waals surface area contributed by atoms with Crippen molar-refractivity contribution in [3.05, 3.63) is 42.0 Å². The Morgan fingerprint density at radius 1 is 1.14 bits per heavy atom. The molecular weight excluding hydrogens is 172 g/mol. The fraction of sp³-hybridized carbons (Fsp3) is 0.231. The Kier molecular flexibility index (Phi) is 2.40. The molecule has 0 amide bonds. The first kappa shape index (κ1) is 9.07. The summed E-state index contributed by atoms with van der Waals surface area (Å²) in [4.78, 5) is 0. The van der Waals surface area contributed by atoms with Gasteiger partial charge in [-0.05, 0) is 34.9 Å². The smallest absolute Gasteiger partial charge is 0.119 e. The second-order valence-corrected chi connectivity index (χ2v) is 3.36. The number of benzene rings is 2. The lowest BCUT2D eigenvalue weighted by atomic mass is 10.0. The van der Waals surface area contributed by atoms with Gasteiger partial charge in [0.25, 0.3) is 0 Å². The third kappa shape index (κ3) is 1.46. The molecule has 0 aliphatic carbocycles. The SMILES string of the molecule is CCc1cccc2ccc(OC)cc12. The average Bonchev–Trinajstić information content (AvgIpc) is 2.27. The van der Waals surface area contributed by atoms with E-state index in [2.05, 4.69) is 37.3 Å². The van der Waals surface area contributed by atoms with E-state index >= 15 is 0 Å². The number of methoxy groups -OCH3 is 1. The Morgan fingerprint density at radius 2 is 2.00 bits per heavy atom. The van der Waals surface area contributed by atoms with Crippen LogP contribution in [0.1, 0.15) is 12.5 Å². The Hall–Kier alpha value is -1.50. The minimum Gasteiger partial charge on any atom is -0.497 e. The Morgan fingerprint density at radius 3 is 2.71 bits per heavy atom. The van der Waals surface area contributed by atoms with Crippen LogP contribution in [0.4, 0.5) is 0 Å². The molecular formula is C13H14O. The lowest BCUT2D eigenvalue weighted by Crippen LogP contribution is -1.86. The van der Waals surface area contributed by atoms with Crippen LogP contribution in [0, 0.1) is 0 Å². The quantitative estimate of drug-likeness (QED) is 0.698. The molecule has 0 fully saturated rings. The molecule has 0 saturated carbocycles. The fourth-order valence-corrected chi connectivity index (χ4v) is 1.75. The van der Waals surface area contributed by atoms with Crippen LogP contribution in [0.15, 0.2) is 36.4 Å². The molecule has 2 aromatic rings. The second-order valence-electron chi connectivity index (χ2n) is 3.36. The van der Waals surface area contributed by atoms with Crippen molar-refractivity contribution in [1.82, 2.24) is 0 Å². The molecule has 0 atom stereocenters. The standard InChI is InChI=1S/C13H14O/c1-3-10-5-4-6-11-7-8-12(14-2)9-13(10)11/h4-9H,3H2,1-2H3. The van der Waals surface area contributed by atoms with Gasteiger partial charge >= 0.3 is 0 Å². The summed E-state index contributed by atoms with van der Waals surface area (Å²) in [5.74, 6) is 0.929. The van der Waals surface area contributed by atoms with E-state index in [0.717, 1.165) is 12.2 Å². The van der Waals surface area contributed by atoms with Gasteiger partial charge in [0.15, 0.2) is 0 Å². The first-order valence-electron chi connectivity index (χ1n) is 4.91. The Labute approximate surface area is 84.3 Å². The van der Waals surface area contributed by atoms with E-state index in [-0.39, 0.29) is 0 Å². The van der Waals surface area contributed by atoms with Gasteiger partial charge in [-0.3, -0.25) is 0 Å². The van der Waals surface area contributed by atoms with Crippen molar-refractivity contribution in [2.75, 3.05) is 7.11 Å². The van der Waals surface area contributed by atoms with Gasteiger partial charge in [-0.15, -0.1) is 0 Å². The molecule has 2 aromatic carbocycles. The van der Waals surface area contributed by atoms with E-state index in [4.69, 9.17) is 4.74 Å². The van der Waals surface area contributed by atoms with E-state index in [9.17, 15) is 0 Å². The monoisotopic (exact) mass is 186 g/mol. The number of ether oxygens (including phenoxy) is 1. The lowest BCUT2D eigenvalue weighted by molar-refractivity contribution is 0.415. The van der Waals surface area contributed by atoms with Gasteiger partial charge in [-0.1, -0.05) is 31.2 Å². The molecule has 0 radical (unpaired) electrons. The first-order chi connectivity index (χ1) is 6.85. The van der Waals surface area contributed by atoms with Crippen LogP contribution < -0.4 is 4.74 Å². The zero-order valence-corrected chi connectivity index (χ0v) is 8.58. The molecule has 1 nitrogen and oxygen atoms in total. The molecule has 14 heavy (non-hydrogen) atoms. The van der Waals surface area contributed by atoms with Crippen LogP contribution in [0.3, 0.4) is 0 Å². The predicted octanol–water partition coefficient (Wildman–Crippen LogP) is 3.41. The van der Waals surface area contributed by atoms with E-state index in [1.165, 1.54) is 16.3 Å². The van der Waals surface area contributed by atoms with Gasteiger partial charge in [0.2, 0.25) is 0 Å². The highest BCUT2D eigenvalue weighted by molar-refractivity contribution is 5.87. The summed E-state index contributed by atoms with van der Waals surface area (Å²) in [7, 11) is 1.70. The van der Waals surface area contributed by atoms with Gasteiger partial charge in [-0.2, -0.15) is 0 Å². The van der Waals surface area contributed by atoms with Crippen LogP contribution in [0.2, 0.25) is 0 Å². The van der Waals surface area contributed by atoms with E-state index in [1.54, 1.807) is 7.11 Å². The third-order valence-electron chi connectivity index (χ3n) is 2.56. The molecule has 0 aliphatic rings. The molecule has 0 aliphatic heterocycles. The summed E-state index contributed by atoms with van der Waals surface area (Å²) in [6, 6.07) is 12.6. The number of fused-ring (bicyclic) bond motifs is 1. The summed E-state index contributed by atoms with van der Waals surface area (Å²) in [6.45, 7) is 2.17. The van der Waals surface area contributed by atoms with Crippen LogP contribution in [0.5, 0.6) is 5.75 Å². The number of hydrogen-bond acceptors (Lipinski definition) is 1. The Balaban J connectivity index is 2.70. The fourth-order valence-electron chi connectivity index (χ4n) is 1.75. The van der Waals surface area contributed by atoms with Gasteiger partial charge < -0.3 is 4.74 Å². The summed E-state index contributed by atoms with van der Waals surface area (Å²) >= 11 is 0. The molecule has 72 valence electrons. The molecule has 0 aromatic heterocycles. The van der Waals surface area contributed by atoms with E-state index < -0.39 is 0 Å². The van der Waals surface area contributed by atoms with Crippen molar-refractivity contribution in [3.63, 3.8) is 0 Å². The minimum atomic E-state index is 0.929. The summed E-state index contributed by atoms with van der Waals surface area (Å²) in [5, 5.41) is 2.58. The normalized spacial score (nSPS) is 10.4. The van der Waals surface area contributed by atoms with Gasteiger partial charge in [-0.25, -0.2) is 0 Å². The zero-order valence-electron chi connectivity index (χ0n) is 8.58. The maximum atomic E-state index is 5.22. The van der Waals surface area contributed by atoms with Crippen LogP contribution in [-0.2, 0) is 6.42 Å². The summed E-state index contributed by atoms with van der Waals surface area (Å²) in [6.07, 6.45) is 1.06. The number of rotatable bonds is 2. The van der Waals surface area contributed by atoms with E-state index in [1.807, 2.05) is 6.07 Å². The number of aryl methyl sites for hydroxylation is 1. The molecule has 0 N–H and O–H groups in total. The molecule has 0 heterocycles.